The number of thioether (sulfide) groups is 1. The molecule has 0 aromatic heterocycles. The molecule has 0 saturated carbocycles. The molecule has 4 nitrogen and oxygen atoms in total. The van der Waals surface area contributed by atoms with E-state index in [1.807, 2.05) is 6.92 Å². The summed E-state index contributed by atoms with van der Waals surface area (Å²) < 4.78 is 49.2. The molecule has 0 fully saturated rings. The highest BCUT2D eigenvalue weighted by Gasteiger charge is 2.50. The number of benzene rings is 1. The molecule has 0 saturated heterocycles. The summed E-state index contributed by atoms with van der Waals surface area (Å²) in [5.74, 6) is 0.193. The lowest BCUT2D eigenvalue weighted by molar-refractivity contribution is -0.111. The van der Waals surface area contributed by atoms with Gasteiger partial charge in [-0.1, -0.05) is 36.9 Å². The molecule has 0 spiro atoms. The maximum atomic E-state index is 13.6. The van der Waals surface area contributed by atoms with Crippen molar-refractivity contribution in [1.29, 1.82) is 0 Å². The zero-order valence-electron chi connectivity index (χ0n) is 12.5. The normalized spacial score (nSPS) is 14.4. The smallest absolute Gasteiger partial charge is 0.421 e. The predicted molar refractivity (Wildman–Crippen MR) is 83.6 cm³/mol. The number of hydrogen-bond donors (Lipinski definition) is 0. The summed E-state index contributed by atoms with van der Waals surface area (Å²) in [5, 5.41) is -0.0480. The van der Waals surface area contributed by atoms with Crippen LogP contribution >= 0.6 is 19.4 Å². The van der Waals surface area contributed by atoms with E-state index in [1.165, 1.54) is 12.1 Å². The van der Waals surface area contributed by atoms with Gasteiger partial charge in [0.25, 0.3) is 0 Å². The monoisotopic (exact) mass is 352 g/mol. The van der Waals surface area contributed by atoms with Crippen LogP contribution in [0.15, 0.2) is 30.3 Å². The quantitative estimate of drug-likeness (QED) is 0.465. The summed E-state index contributed by atoms with van der Waals surface area (Å²) in [7, 11) is -4.66. The highest BCUT2D eigenvalue weighted by Crippen LogP contribution is 2.61. The first kappa shape index (κ1) is 19.1. The maximum absolute atomic E-state index is 13.6. The molecule has 0 bridgehead atoms. The van der Waals surface area contributed by atoms with Gasteiger partial charge in [-0.05, 0) is 18.6 Å². The fraction of sp³-hybridized carbons (Fsp3) is 0.500. The second-order valence-electron chi connectivity index (χ2n) is 4.55. The largest absolute Gasteiger partial charge is 0.448 e. The van der Waals surface area contributed by atoms with Gasteiger partial charge >= 0.3 is 13.3 Å². The van der Waals surface area contributed by atoms with E-state index >= 15 is 0 Å². The molecule has 1 unspecified atom stereocenters. The Morgan fingerprint density at radius 1 is 1.32 bits per heavy atom. The average molecular weight is 352 g/mol. The van der Waals surface area contributed by atoms with Gasteiger partial charge in [-0.15, -0.1) is 0 Å². The van der Waals surface area contributed by atoms with E-state index in [1.54, 1.807) is 18.2 Å². The lowest BCUT2D eigenvalue weighted by Gasteiger charge is -2.24. The van der Waals surface area contributed by atoms with Gasteiger partial charge in [-0.2, -0.15) is 8.78 Å². The van der Waals surface area contributed by atoms with Gasteiger partial charge in [0.15, 0.2) is 5.12 Å². The first-order chi connectivity index (χ1) is 10.3. The lowest BCUT2D eigenvalue weighted by Crippen LogP contribution is -2.18. The topological polar surface area (TPSA) is 52.6 Å². The van der Waals surface area contributed by atoms with Crippen LogP contribution in [-0.4, -0.2) is 23.1 Å². The van der Waals surface area contributed by atoms with Crippen molar-refractivity contribution in [2.45, 2.75) is 32.4 Å². The highest BCUT2D eigenvalue weighted by molar-refractivity contribution is 8.13. The molecular formula is C14H19F2O4PS. The Kier molecular flexibility index (Phi) is 7.53. The Bertz CT molecular complexity index is 519. The molecule has 1 rings (SSSR count). The van der Waals surface area contributed by atoms with E-state index < -0.39 is 13.3 Å². The predicted octanol–water partition coefficient (Wildman–Crippen LogP) is 4.95. The molecule has 0 N–H and O–H groups in total. The van der Waals surface area contributed by atoms with Gasteiger partial charge in [-0.25, -0.2) is 4.57 Å². The third-order valence-electron chi connectivity index (χ3n) is 2.51. The molecule has 0 amide bonds. The maximum Gasteiger partial charge on any atom is 0.448 e. The minimum atomic E-state index is -4.66. The van der Waals surface area contributed by atoms with Crippen molar-refractivity contribution in [1.82, 2.24) is 0 Å². The zero-order chi connectivity index (χ0) is 16.6. The van der Waals surface area contributed by atoms with Crippen molar-refractivity contribution in [3.05, 3.63) is 30.3 Å². The second kappa shape index (κ2) is 8.65. The number of hydrogen-bond acceptors (Lipinski definition) is 5. The van der Waals surface area contributed by atoms with Crippen LogP contribution in [0.1, 0.15) is 26.7 Å². The van der Waals surface area contributed by atoms with Gasteiger partial charge in [-0.3, -0.25) is 9.32 Å². The van der Waals surface area contributed by atoms with Crippen molar-refractivity contribution in [3.8, 4) is 5.75 Å². The van der Waals surface area contributed by atoms with E-state index in [0.717, 1.165) is 18.2 Å². The molecule has 1 atom stereocenters. The van der Waals surface area contributed by atoms with E-state index in [9.17, 15) is 18.1 Å². The van der Waals surface area contributed by atoms with Crippen LogP contribution < -0.4 is 4.52 Å². The van der Waals surface area contributed by atoms with Crippen molar-refractivity contribution >= 4 is 24.5 Å². The molecule has 0 heterocycles. The van der Waals surface area contributed by atoms with E-state index in [2.05, 4.69) is 0 Å². The van der Waals surface area contributed by atoms with Crippen LogP contribution in [0.25, 0.3) is 0 Å². The Balaban J connectivity index is 2.62. The van der Waals surface area contributed by atoms with Crippen LogP contribution in [0.4, 0.5) is 8.78 Å². The van der Waals surface area contributed by atoms with Gasteiger partial charge < -0.3 is 4.52 Å². The Morgan fingerprint density at radius 3 is 2.50 bits per heavy atom. The Hall–Kier alpha value is -0.910. The third kappa shape index (κ3) is 6.07. The van der Waals surface area contributed by atoms with Crippen molar-refractivity contribution in [2.24, 2.45) is 0 Å². The minimum absolute atomic E-state index is 0.0436. The van der Waals surface area contributed by atoms with Crippen LogP contribution in [0.2, 0.25) is 0 Å². The molecular weight excluding hydrogens is 333 g/mol. The fourth-order valence-electron chi connectivity index (χ4n) is 1.43. The minimum Gasteiger partial charge on any atom is -0.421 e. The molecule has 1 aromatic rings. The summed E-state index contributed by atoms with van der Waals surface area (Å²) >= 11 is 0.973. The number of carbonyl (C=O) groups is 1. The summed E-state index contributed by atoms with van der Waals surface area (Å²) in [6.45, 7) is 2.11. The molecule has 22 heavy (non-hydrogen) atoms. The number of para-hydroxylation sites is 1. The number of rotatable bonds is 9. The highest BCUT2D eigenvalue weighted by atomic mass is 32.2. The molecule has 1 aromatic carbocycles. The standard InChI is InChI=1S/C14H19F2O4PS/c1-3-7-13(17)22-11-10-19-21(18,14(2,15)16)20-12-8-5-4-6-9-12/h4-6,8-9H,3,7,10-11H2,1-2H3. The molecule has 0 radical (unpaired) electrons. The van der Waals surface area contributed by atoms with Crippen LogP contribution in [0, 0.1) is 0 Å². The van der Waals surface area contributed by atoms with Crippen molar-refractivity contribution in [3.63, 3.8) is 0 Å². The van der Waals surface area contributed by atoms with Crippen LogP contribution in [0.5, 0.6) is 5.75 Å². The lowest BCUT2D eigenvalue weighted by atomic mass is 10.3. The van der Waals surface area contributed by atoms with Crippen molar-refractivity contribution in [2.75, 3.05) is 12.4 Å². The van der Waals surface area contributed by atoms with Crippen molar-refractivity contribution < 1.29 is 27.2 Å². The van der Waals surface area contributed by atoms with E-state index in [-0.39, 0.29) is 23.2 Å². The van der Waals surface area contributed by atoms with Crippen LogP contribution in [-0.2, 0) is 13.9 Å². The number of halogens is 2. The first-order valence-corrected chi connectivity index (χ1v) is 9.34. The molecule has 0 aliphatic rings. The van der Waals surface area contributed by atoms with Gasteiger partial charge in [0.2, 0.25) is 0 Å². The number of alkyl halides is 2. The SMILES string of the molecule is CCCC(=O)SCCOP(=O)(Oc1ccccc1)C(C)(F)F. The van der Waals surface area contributed by atoms with Crippen LogP contribution in [0.3, 0.4) is 0 Å². The van der Waals surface area contributed by atoms with E-state index in [0.29, 0.717) is 13.3 Å². The summed E-state index contributed by atoms with van der Waals surface area (Å²) in [6.07, 6.45) is 1.13. The first-order valence-electron chi connectivity index (χ1n) is 6.81. The molecule has 8 heteroatoms. The Labute approximate surface area is 133 Å². The van der Waals surface area contributed by atoms with Gasteiger partial charge in [0.05, 0.1) is 6.61 Å². The Morgan fingerprint density at radius 2 is 1.95 bits per heavy atom. The summed E-state index contributed by atoms with van der Waals surface area (Å²) in [5.41, 5.74) is -3.64. The number of carbonyl (C=O) groups excluding carboxylic acids is 1. The molecule has 124 valence electrons. The van der Waals surface area contributed by atoms with E-state index in [4.69, 9.17) is 9.05 Å². The zero-order valence-corrected chi connectivity index (χ0v) is 14.2. The summed E-state index contributed by atoms with van der Waals surface area (Å²) in [6, 6.07) is 7.67. The second-order valence-corrected chi connectivity index (χ2v) is 7.92. The van der Waals surface area contributed by atoms with Gasteiger partial charge in [0.1, 0.15) is 5.75 Å². The fourth-order valence-corrected chi connectivity index (χ4v) is 3.47. The average Bonchev–Trinajstić information content (AvgIpc) is 2.44. The molecule has 0 aliphatic carbocycles. The van der Waals surface area contributed by atoms with Gasteiger partial charge in [0, 0.05) is 19.1 Å². The molecule has 0 aliphatic heterocycles. The summed E-state index contributed by atoms with van der Waals surface area (Å²) in [4.78, 5) is 11.3. The third-order valence-corrected chi connectivity index (χ3v) is 5.34.